The molecule has 1 N–H and O–H groups in total. The number of rotatable bonds is 3. The number of sulfonamides is 1. The van der Waals surface area contributed by atoms with E-state index in [1.54, 1.807) is 4.68 Å². The van der Waals surface area contributed by atoms with E-state index in [0.717, 1.165) is 12.5 Å². The maximum atomic E-state index is 13.9. The molecule has 0 radical (unpaired) electrons. The Balaban J connectivity index is 1.95. The van der Waals surface area contributed by atoms with Crippen LogP contribution < -0.4 is 4.72 Å². The molecule has 1 atom stereocenters. The number of aryl methyl sites for hydroxylation is 1. The summed E-state index contributed by atoms with van der Waals surface area (Å²) in [7, 11) is -3.99. The highest BCUT2D eigenvalue weighted by Crippen LogP contribution is 2.28. The zero-order chi connectivity index (χ0) is 15.0. The van der Waals surface area contributed by atoms with Crippen LogP contribution in [0, 0.1) is 5.82 Å². The van der Waals surface area contributed by atoms with Gasteiger partial charge in [-0.3, -0.25) is 0 Å². The molecule has 0 saturated heterocycles. The summed E-state index contributed by atoms with van der Waals surface area (Å²) in [6, 6.07) is 3.54. The van der Waals surface area contributed by atoms with Gasteiger partial charge >= 0.3 is 0 Å². The second-order valence-electron chi connectivity index (χ2n) is 4.71. The molecule has 0 aliphatic carbocycles. The highest BCUT2D eigenvalue weighted by Gasteiger charge is 2.30. The van der Waals surface area contributed by atoms with Gasteiger partial charge in [0.2, 0.25) is 10.0 Å². The van der Waals surface area contributed by atoms with Crippen molar-refractivity contribution in [2.45, 2.75) is 30.3 Å². The van der Waals surface area contributed by atoms with Gasteiger partial charge < -0.3 is 0 Å². The zero-order valence-electron chi connectivity index (χ0n) is 10.8. The van der Waals surface area contributed by atoms with E-state index in [2.05, 4.69) is 30.7 Å². The monoisotopic (exact) mass is 374 g/mol. The maximum Gasteiger partial charge on any atom is 0.245 e. The molecule has 0 saturated carbocycles. The lowest BCUT2D eigenvalue weighted by Crippen LogP contribution is -2.34. The van der Waals surface area contributed by atoms with Gasteiger partial charge in [-0.15, -0.1) is 0 Å². The van der Waals surface area contributed by atoms with E-state index in [0.29, 0.717) is 18.8 Å². The lowest BCUT2D eigenvalue weighted by molar-refractivity contribution is 0.399. The fourth-order valence-corrected chi connectivity index (χ4v) is 4.73. The summed E-state index contributed by atoms with van der Waals surface area (Å²) in [6.07, 6.45) is 2.77. The third-order valence-electron chi connectivity index (χ3n) is 3.30. The number of nitrogens with zero attached hydrogens (tertiary/aromatic N) is 3. The first-order valence-corrected chi connectivity index (χ1v) is 8.61. The molecule has 9 heteroatoms. The summed E-state index contributed by atoms with van der Waals surface area (Å²) >= 11 is 3.08. The second-order valence-corrected chi connectivity index (χ2v) is 7.21. The summed E-state index contributed by atoms with van der Waals surface area (Å²) in [5.74, 6) is -0.244. The van der Waals surface area contributed by atoms with Crippen LogP contribution in [0.5, 0.6) is 0 Å². The largest absolute Gasteiger partial charge is 0.248 e. The summed E-state index contributed by atoms with van der Waals surface area (Å²) in [4.78, 5) is 3.69. The highest BCUT2D eigenvalue weighted by atomic mass is 79.9. The van der Waals surface area contributed by atoms with Gasteiger partial charge in [-0.25, -0.2) is 27.2 Å². The molecule has 1 aliphatic rings. The van der Waals surface area contributed by atoms with E-state index in [1.165, 1.54) is 18.5 Å². The van der Waals surface area contributed by atoms with Crippen LogP contribution in [0.1, 0.15) is 24.7 Å². The molecule has 1 aromatic heterocycles. The molecule has 1 aliphatic heterocycles. The van der Waals surface area contributed by atoms with Crippen molar-refractivity contribution in [3.05, 3.63) is 40.6 Å². The minimum atomic E-state index is -3.99. The van der Waals surface area contributed by atoms with Gasteiger partial charge in [-0.2, -0.15) is 5.10 Å². The lowest BCUT2D eigenvalue weighted by Gasteiger charge is -2.23. The van der Waals surface area contributed by atoms with Crippen LogP contribution in [-0.4, -0.2) is 23.2 Å². The number of hydrogen-bond acceptors (Lipinski definition) is 4. The Morgan fingerprint density at radius 3 is 3.00 bits per heavy atom. The minimum Gasteiger partial charge on any atom is -0.248 e. The summed E-state index contributed by atoms with van der Waals surface area (Å²) in [5.41, 5.74) is 0. The van der Waals surface area contributed by atoms with Crippen molar-refractivity contribution >= 4 is 26.0 Å². The van der Waals surface area contributed by atoms with Gasteiger partial charge in [0.1, 0.15) is 22.9 Å². The van der Waals surface area contributed by atoms with Crippen LogP contribution in [0.15, 0.2) is 33.9 Å². The first kappa shape index (κ1) is 14.6. The molecule has 0 bridgehead atoms. The second kappa shape index (κ2) is 5.47. The number of halogens is 2. The van der Waals surface area contributed by atoms with Gasteiger partial charge in [0.05, 0.1) is 6.04 Å². The van der Waals surface area contributed by atoms with E-state index in [1.807, 2.05) is 0 Å². The van der Waals surface area contributed by atoms with Gasteiger partial charge in [0.15, 0.2) is 0 Å². The predicted molar refractivity (Wildman–Crippen MR) is 76.4 cm³/mol. The van der Waals surface area contributed by atoms with E-state index in [-0.39, 0.29) is 9.37 Å². The van der Waals surface area contributed by atoms with Crippen LogP contribution >= 0.6 is 15.9 Å². The van der Waals surface area contributed by atoms with Crippen molar-refractivity contribution in [3.8, 4) is 0 Å². The number of fused-ring (bicyclic) bond motifs is 1. The first-order valence-electron chi connectivity index (χ1n) is 6.33. The Labute approximate surface area is 129 Å². The molecular weight excluding hydrogens is 363 g/mol. The molecule has 0 amide bonds. The summed E-state index contributed by atoms with van der Waals surface area (Å²) in [5, 5.41) is 4.03. The molecule has 112 valence electrons. The van der Waals surface area contributed by atoms with Crippen molar-refractivity contribution in [3.63, 3.8) is 0 Å². The minimum absolute atomic E-state index is 0.187. The average molecular weight is 375 g/mol. The predicted octanol–water partition coefficient (Wildman–Crippen LogP) is 1.99. The van der Waals surface area contributed by atoms with Gasteiger partial charge in [-0.05, 0) is 40.9 Å². The smallest absolute Gasteiger partial charge is 0.245 e. The Kier molecular flexibility index (Phi) is 3.80. The van der Waals surface area contributed by atoms with Crippen LogP contribution in [0.2, 0.25) is 0 Å². The third-order valence-corrected chi connectivity index (χ3v) is 5.78. The molecule has 3 rings (SSSR count). The molecule has 2 heterocycles. The molecular formula is C12H12BrFN4O2S. The standard InChI is InChI=1S/C12H12BrFN4O2S/c13-8-3-1-4-9(14)11(8)21(19,20)17-10-5-2-6-18-12(10)15-7-16-18/h1,3-4,7,10,17H,2,5-6H2/t10-/m1/s1. The zero-order valence-corrected chi connectivity index (χ0v) is 13.2. The molecule has 6 nitrogen and oxygen atoms in total. The van der Waals surface area contributed by atoms with Crippen molar-refractivity contribution in [1.29, 1.82) is 0 Å². The Morgan fingerprint density at radius 1 is 1.43 bits per heavy atom. The highest BCUT2D eigenvalue weighted by molar-refractivity contribution is 9.10. The normalized spacial score (nSPS) is 18.5. The van der Waals surface area contributed by atoms with Crippen molar-refractivity contribution in [1.82, 2.24) is 19.5 Å². The van der Waals surface area contributed by atoms with E-state index in [4.69, 9.17) is 0 Å². The van der Waals surface area contributed by atoms with Crippen molar-refractivity contribution in [2.75, 3.05) is 0 Å². The molecule has 0 spiro atoms. The molecule has 21 heavy (non-hydrogen) atoms. The number of nitrogens with one attached hydrogen (secondary N) is 1. The maximum absolute atomic E-state index is 13.9. The molecule has 0 unspecified atom stereocenters. The number of aromatic nitrogens is 3. The SMILES string of the molecule is O=S(=O)(N[C@@H]1CCCn2ncnc21)c1c(F)cccc1Br. The quantitative estimate of drug-likeness (QED) is 0.890. The topological polar surface area (TPSA) is 76.9 Å². The van der Waals surface area contributed by atoms with Gasteiger partial charge in [-0.1, -0.05) is 6.07 Å². The Hall–Kier alpha value is -1.32. The van der Waals surface area contributed by atoms with Gasteiger partial charge in [0, 0.05) is 11.0 Å². The van der Waals surface area contributed by atoms with Crippen LogP contribution in [0.4, 0.5) is 4.39 Å². The number of benzene rings is 1. The summed E-state index contributed by atoms with van der Waals surface area (Å²) < 4.78 is 43.1. The summed E-state index contributed by atoms with van der Waals surface area (Å²) in [6.45, 7) is 0.705. The van der Waals surface area contributed by atoms with E-state index >= 15 is 0 Å². The van der Waals surface area contributed by atoms with Crippen LogP contribution in [0.3, 0.4) is 0 Å². The fourth-order valence-electron chi connectivity index (χ4n) is 2.39. The Bertz CT molecular complexity index is 757. The molecule has 2 aromatic rings. The Morgan fingerprint density at radius 2 is 2.24 bits per heavy atom. The fraction of sp³-hybridized carbons (Fsp3) is 0.333. The number of hydrogen-bond donors (Lipinski definition) is 1. The van der Waals surface area contributed by atoms with E-state index in [9.17, 15) is 12.8 Å². The average Bonchev–Trinajstić information content (AvgIpc) is 2.87. The molecule has 1 aromatic carbocycles. The third kappa shape index (κ3) is 2.72. The van der Waals surface area contributed by atoms with Crippen molar-refractivity contribution in [2.24, 2.45) is 0 Å². The van der Waals surface area contributed by atoms with Crippen molar-refractivity contribution < 1.29 is 12.8 Å². The van der Waals surface area contributed by atoms with Crippen LogP contribution in [-0.2, 0) is 16.6 Å². The molecule has 0 fully saturated rings. The van der Waals surface area contributed by atoms with Crippen LogP contribution in [0.25, 0.3) is 0 Å². The van der Waals surface area contributed by atoms with Gasteiger partial charge in [0.25, 0.3) is 0 Å². The first-order chi connectivity index (χ1) is 9.99. The van der Waals surface area contributed by atoms with E-state index < -0.39 is 21.9 Å². The lowest BCUT2D eigenvalue weighted by atomic mass is 10.1.